The number of carboxylic acids is 1. The van der Waals surface area contributed by atoms with Gasteiger partial charge in [-0.2, -0.15) is 0 Å². The summed E-state index contributed by atoms with van der Waals surface area (Å²) in [4.78, 5) is 37.7. The van der Waals surface area contributed by atoms with E-state index in [0.717, 1.165) is 11.1 Å². The summed E-state index contributed by atoms with van der Waals surface area (Å²) in [7, 11) is 0. The van der Waals surface area contributed by atoms with Crippen LogP contribution in [0.1, 0.15) is 17.5 Å². The van der Waals surface area contributed by atoms with E-state index >= 15 is 0 Å². The molecule has 0 saturated heterocycles. The Morgan fingerprint density at radius 3 is 2.50 bits per heavy atom. The van der Waals surface area contributed by atoms with Crippen LogP contribution >= 0.6 is 0 Å². The van der Waals surface area contributed by atoms with E-state index in [1.54, 1.807) is 12.1 Å². The highest BCUT2D eigenvalue weighted by atomic mass is 16.4. The van der Waals surface area contributed by atoms with Crippen molar-refractivity contribution in [3.05, 3.63) is 65.7 Å². The number of hydrogen-bond acceptors (Lipinski definition) is 3. The SMILES string of the molecule is O=C(O)CN1C(=O)C(NC(=O)Cc2ccccc2)CCc2ccccc21. The average molecular weight is 352 g/mol. The molecule has 0 spiro atoms. The average Bonchev–Trinajstić information content (AvgIpc) is 2.75. The summed E-state index contributed by atoms with van der Waals surface area (Å²) in [5, 5.41) is 12.0. The lowest BCUT2D eigenvalue weighted by atomic mass is 10.1. The monoisotopic (exact) mass is 352 g/mol. The zero-order chi connectivity index (χ0) is 18.5. The zero-order valence-corrected chi connectivity index (χ0v) is 14.2. The Labute approximate surface area is 151 Å². The maximum atomic E-state index is 12.9. The molecule has 0 radical (unpaired) electrons. The van der Waals surface area contributed by atoms with Crippen molar-refractivity contribution in [2.45, 2.75) is 25.3 Å². The summed E-state index contributed by atoms with van der Waals surface area (Å²) in [6, 6.07) is 15.8. The molecule has 2 aromatic carbocycles. The number of aliphatic carboxylic acids is 1. The number of fused-ring (bicyclic) bond motifs is 1. The molecule has 2 N–H and O–H groups in total. The van der Waals surface area contributed by atoms with Crippen LogP contribution in [0.25, 0.3) is 0 Å². The minimum atomic E-state index is -1.09. The number of carbonyl (C=O) groups is 3. The third-order valence-electron chi connectivity index (χ3n) is 4.38. The number of aryl methyl sites for hydroxylation is 1. The van der Waals surface area contributed by atoms with Gasteiger partial charge in [0.15, 0.2) is 0 Å². The normalized spacial score (nSPS) is 16.5. The van der Waals surface area contributed by atoms with Crippen LogP contribution in [-0.4, -0.2) is 35.5 Å². The van der Waals surface area contributed by atoms with Crippen molar-refractivity contribution in [1.82, 2.24) is 5.32 Å². The highest BCUT2D eigenvalue weighted by Gasteiger charge is 2.32. The molecule has 0 bridgehead atoms. The van der Waals surface area contributed by atoms with E-state index in [9.17, 15) is 19.5 Å². The number of amides is 2. The van der Waals surface area contributed by atoms with Gasteiger partial charge in [-0.25, -0.2) is 0 Å². The van der Waals surface area contributed by atoms with Crippen LogP contribution in [0.3, 0.4) is 0 Å². The fourth-order valence-corrected chi connectivity index (χ4v) is 3.17. The van der Waals surface area contributed by atoms with E-state index in [1.165, 1.54) is 4.90 Å². The summed E-state index contributed by atoms with van der Waals surface area (Å²) in [5.41, 5.74) is 2.36. The Morgan fingerprint density at radius 1 is 1.08 bits per heavy atom. The van der Waals surface area contributed by atoms with Gasteiger partial charge in [0.1, 0.15) is 12.6 Å². The molecule has 0 saturated carbocycles. The number of nitrogens with one attached hydrogen (secondary N) is 1. The van der Waals surface area contributed by atoms with Crippen molar-refractivity contribution in [2.75, 3.05) is 11.4 Å². The maximum absolute atomic E-state index is 12.9. The third-order valence-corrected chi connectivity index (χ3v) is 4.38. The second-order valence-electron chi connectivity index (χ2n) is 6.27. The fraction of sp³-hybridized carbons (Fsp3) is 0.250. The van der Waals surface area contributed by atoms with E-state index < -0.39 is 24.5 Å². The molecule has 0 aliphatic carbocycles. The summed E-state index contributed by atoms with van der Waals surface area (Å²) in [6.07, 6.45) is 1.21. The highest BCUT2D eigenvalue weighted by Crippen LogP contribution is 2.26. The van der Waals surface area contributed by atoms with Gasteiger partial charge in [-0.15, -0.1) is 0 Å². The fourth-order valence-electron chi connectivity index (χ4n) is 3.17. The number of anilines is 1. The van der Waals surface area contributed by atoms with Crippen molar-refractivity contribution in [1.29, 1.82) is 0 Å². The molecule has 0 fully saturated rings. The van der Waals surface area contributed by atoms with Crippen LogP contribution in [0, 0.1) is 0 Å². The molecule has 6 nitrogen and oxygen atoms in total. The van der Waals surface area contributed by atoms with Gasteiger partial charge in [0.05, 0.1) is 6.42 Å². The van der Waals surface area contributed by atoms with Crippen molar-refractivity contribution >= 4 is 23.5 Å². The van der Waals surface area contributed by atoms with Gasteiger partial charge in [-0.3, -0.25) is 19.3 Å². The van der Waals surface area contributed by atoms with Gasteiger partial charge >= 0.3 is 5.97 Å². The second kappa shape index (κ2) is 7.82. The van der Waals surface area contributed by atoms with Gasteiger partial charge in [-0.1, -0.05) is 48.5 Å². The lowest BCUT2D eigenvalue weighted by molar-refractivity contribution is -0.137. The predicted molar refractivity (Wildman–Crippen MR) is 96.8 cm³/mol. The first-order valence-corrected chi connectivity index (χ1v) is 8.49. The van der Waals surface area contributed by atoms with Gasteiger partial charge in [0.25, 0.3) is 0 Å². The molecule has 6 heteroatoms. The Morgan fingerprint density at radius 2 is 1.77 bits per heavy atom. The Balaban J connectivity index is 1.77. The number of benzene rings is 2. The zero-order valence-electron chi connectivity index (χ0n) is 14.2. The lowest BCUT2D eigenvalue weighted by Gasteiger charge is -2.24. The molecule has 1 atom stereocenters. The number of hydrogen-bond donors (Lipinski definition) is 2. The molecule has 0 aromatic heterocycles. The van der Waals surface area contributed by atoms with Crippen molar-refractivity contribution in [3.63, 3.8) is 0 Å². The number of carboxylic acid groups (broad SMARTS) is 1. The number of carbonyl (C=O) groups excluding carboxylic acids is 2. The van der Waals surface area contributed by atoms with Crippen molar-refractivity contribution < 1.29 is 19.5 Å². The van der Waals surface area contributed by atoms with Crippen LogP contribution in [0.15, 0.2) is 54.6 Å². The molecule has 1 unspecified atom stereocenters. The molecule has 1 aliphatic heterocycles. The molecule has 2 amide bonds. The largest absolute Gasteiger partial charge is 0.480 e. The minimum Gasteiger partial charge on any atom is -0.480 e. The van der Waals surface area contributed by atoms with Gasteiger partial charge in [0, 0.05) is 5.69 Å². The second-order valence-corrected chi connectivity index (χ2v) is 6.27. The quantitative estimate of drug-likeness (QED) is 0.859. The van der Waals surface area contributed by atoms with E-state index in [2.05, 4.69) is 5.32 Å². The summed E-state index contributed by atoms with van der Waals surface area (Å²) in [6.45, 7) is -0.430. The Hall–Kier alpha value is -3.15. The van der Waals surface area contributed by atoms with E-state index in [-0.39, 0.29) is 12.3 Å². The summed E-state index contributed by atoms with van der Waals surface area (Å²) < 4.78 is 0. The first-order valence-electron chi connectivity index (χ1n) is 8.49. The van der Waals surface area contributed by atoms with Gasteiger partial charge in [0.2, 0.25) is 11.8 Å². The van der Waals surface area contributed by atoms with Crippen LogP contribution in [0.5, 0.6) is 0 Å². The van der Waals surface area contributed by atoms with Crippen LogP contribution < -0.4 is 10.2 Å². The standard InChI is InChI=1S/C20H20N2O4/c23-18(12-14-6-2-1-3-7-14)21-16-11-10-15-8-4-5-9-17(15)22(20(16)26)13-19(24)25/h1-9,16H,10-13H2,(H,21,23)(H,24,25). The minimum absolute atomic E-state index is 0.177. The number of para-hydroxylation sites is 1. The van der Waals surface area contributed by atoms with E-state index in [4.69, 9.17) is 0 Å². The first kappa shape index (κ1) is 17.7. The Bertz CT molecular complexity index is 820. The topological polar surface area (TPSA) is 86.7 Å². The van der Waals surface area contributed by atoms with Crippen molar-refractivity contribution in [2.24, 2.45) is 0 Å². The molecule has 134 valence electrons. The molecule has 2 aromatic rings. The molecular formula is C20H20N2O4. The van der Waals surface area contributed by atoms with Gasteiger partial charge < -0.3 is 10.4 Å². The maximum Gasteiger partial charge on any atom is 0.323 e. The third kappa shape index (κ3) is 4.08. The summed E-state index contributed by atoms with van der Waals surface area (Å²) in [5.74, 6) is -1.74. The molecular weight excluding hydrogens is 332 g/mol. The molecule has 3 rings (SSSR count). The lowest BCUT2D eigenvalue weighted by Crippen LogP contribution is -2.49. The van der Waals surface area contributed by atoms with Crippen LogP contribution in [0.2, 0.25) is 0 Å². The molecule has 1 heterocycles. The van der Waals surface area contributed by atoms with Crippen LogP contribution in [0.4, 0.5) is 5.69 Å². The number of nitrogens with zero attached hydrogens (tertiary/aromatic N) is 1. The van der Waals surface area contributed by atoms with Crippen molar-refractivity contribution in [3.8, 4) is 0 Å². The Kier molecular flexibility index (Phi) is 5.31. The molecule has 1 aliphatic rings. The van der Waals surface area contributed by atoms with Crippen LogP contribution in [-0.2, 0) is 27.2 Å². The summed E-state index contributed by atoms with van der Waals surface area (Å²) >= 11 is 0. The van der Waals surface area contributed by atoms with E-state index in [0.29, 0.717) is 18.5 Å². The smallest absolute Gasteiger partial charge is 0.323 e. The predicted octanol–water partition coefficient (Wildman–Crippen LogP) is 1.78. The highest BCUT2D eigenvalue weighted by molar-refractivity contribution is 6.03. The first-order chi connectivity index (χ1) is 12.5. The van der Waals surface area contributed by atoms with Gasteiger partial charge in [-0.05, 0) is 30.0 Å². The van der Waals surface area contributed by atoms with E-state index in [1.807, 2.05) is 42.5 Å². The molecule has 26 heavy (non-hydrogen) atoms. The number of rotatable bonds is 5.